The SMILES string of the molecule is CN(C)[C@@H](CNc1oc(C(C)(C)C)nc1C#N)c1cccs1. The number of thiophene rings is 1. The second-order valence-corrected chi connectivity index (χ2v) is 7.41. The molecule has 22 heavy (non-hydrogen) atoms. The number of anilines is 1. The lowest BCUT2D eigenvalue weighted by Crippen LogP contribution is -2.26. The topological polar surface area (TPSA) is 65.1 Å². The van der Waals surface area contributed by atoms with Crippen LogP contribution in [-0.2, 0) is 5.41 Å². The van der Waals surface area contributed by atoms with Crippen LogP contribution in [0.25, 0.3) is 0 Å². The summed E-state index contributed by atoms with van der Waals surface area (Å²) in [7, 11) is 4.08. The first-order valence-corrected chi connectivity index (χ1v) is 8.06. The summed E-state index contributed by atoms with van der Waals surface area (Å²) in [5.41, 5.74) is 0.0915. The summed E-state index contributed by atoms with van der Waals surface area (Å²) in [6, 6.07) is 6.47. The summed E-state index contributed by atoms with van der Waals surface area (Å²) in [6.07, 6.45) is 0. The zero-order valence-corrected chi connectivity index (χ0v) is 14.5. The predicted molar refractivity (Wildman–Crippen MR) is 89.2 cm³/mol. The van der Waals surface area contributed by atoms with E-state index >= 15 is 0 Å². The molecule has 0 unspecified atom stereocenters. The summed E-state index contributed by atoms with van der Waals surface area (Å²) >= 11 is 1.72. The van der Waals surface area contributed by atoms with Crippen LogP contribution in [0.15, 0.2) is 21.9 Å². The molecule has 0 spiro atoms. The smallest absolute Gasteiger partial charge is 0.232 e. The molecule has 5 nitrogen and oxygen atoms in total. The highest BCUT2D eigenvalue weighted by Crippen LogP contribution is 2.28. The van der Waals surface area contributed by atoms with Crippen LogP contribution in [0, 0.1) is 11.3 Å². The van der Waals surface area contributed by atoms with E-state index in [1.807, 2.05) is 40.9 Å². The Morgan fingerprint density at radius 2 is 2.18 bits per heavy atom. The largest absolute Gasteiger partial charge is 0.423 e. The van der Waals surface area contributed by atoms with E-state index in [0.717, 1.165) is 0 Å². The summed E-state index contributed by atoms with van der Waals surface area (Å²) in [5.74, 6) is 1.03. The zero-order valence-electron chi connectivity index (χ0n) is 13.7. The first-order valence-electron chi connectivity index (χ1n) is 7.18. The maximum atomic E-state index is 9.24. The van der Waals surface area contributed by atoms with Gasteiger partial charge in [0.1, 0.15) is 6.07 Å². The minimum absolute atomic E-state index is 0.217. The molecule has 0 saturated carbocycles. The van der Waals surface area contributed by atoms with Gasteiger partial charge in [0.05, 0.1) is 6.04 Å². The average molecular weight is 318 g/mol. The van der Waals surface area contributed by atoms with Crippen molar-refractivity contribution in [3.63, 3.8) is 0 Å². The first kappa shape index (κ1) is 16.5. The van der Waals surface area contributed by atoms with Crippen LogP contribution in [0.3, 0.4) is 0 Å². The highest BCUT2D eigenvalue weighted by molar-refractivity contribution is 7.10. The van der Waals surface area contributed by atoms with Crippen LogP contribution in [0.5, 0.6) is 0 Å². The van der Waals surface area contributed by atoms with Gasteiger partial charge in [-0.1, -0.05) is 26.8 Å². The highest BCUT2D eigenvalue weighted by Gasteiger charge is 2.24. The van der Waals surface area contributed by atoms with Crippen molar-refractivity contribution in [2.75, 3.05) is 26.0 Å². The molecule has 1 atom stereocenters. The monoisotopic (exact) mass is 318 g/mol. The molecule has 2 rings (SSSR count). The summed E-state index contributed by atoms with van der Waals surface area (Å²) in [4.78, 5) is 7.70. The van der Waals surface area contributed by atoms with Crippen molar-refractivity contribution in [3.8, 4) is 6.07 Å². The number of oxazole rings is 1. The molecule has 1 N–H and O–H groups in total. The van der Waals surface area contributed by atoms with E-state index in [2.05, 4.69) is 32.7 Å². The molecular weight excluding hydrogens is 296 g/mol. The Morgan fingerprint density at radius 1 is 1.45 bits per heavy atom. The second-order valence-electron chi connectivity index (χ2n) is 6.43. The Morgan fingerprint density at radius 3 is 2.68 bits per heavy atom. The molecule has 0 bridgehead atoms. The number of nitrogens with zero attached hydrogens (tertiary/aromatic N) is 3. The summed E-state index contributed by atoms with van der Waals surface area (Å²) < 4.78 is 5.76. The minimum Gasteiger partial charge on any atom is -0.423 e. The third-order valence-corrected chi connectivity index (χ3v) is 4.30. The maximum Gasteiger partial charge on any atom is 0.232 e. The molecule has 6 heteroatoms. The van der Waals surface area contributed by atoms with Gasteiger partial charge in [0.15, 0.2) is 0 Å². The lowest BCUT2D eigenvalue weighted by molar-refractivity contribution is 0.313. The number of nitriles is 1. The van der Waals surface area contributed by atoms with E-state index in [0.29, 0.717) is 24.0 Å². The van der Waals surface area contributed by atoms with Gasteiger partial charge in [0.25, 0.3) is 0 Å². The average Bonchev–Trinajstić information content (AvgIpc) is 3.06. The molecule has 0 fully saturated rings. The zero-order chi connectivity index (χ0) is 16.3. The molecule has 2 aromatic heterocycles. The highest BCUT2D eigenvalue weighted by atomic mass is 32.1. The summed E-state index contributed by atoms with van der Waals surface area (Å²) in [5, 5.41) is 14.5. The van der Waals surface area contributed by atoms with Crippen molar-refractivity contribution >= 4 is 17.2 Å². The molecule has 0 aliphatic heterocycles. The van der Waals surface area contributed by atoms with Crippen LogP contribution in [0.2, 0.25) is 0 Å². The number of nitrogens with one attached hydrogen (secondary N) is 1. The Bertz CT molecular complexity index is 647. The molecule has 0 aliphatic carbocycles. The second kappa shape index (κ2) is 6.51. The third kappa shape index (κ3) is 3.67. The molecule has 0 saturated heterocycles. The van der Waals surface area contributed by atoms with E-state index < -0.39 is 0 Å². The molecular formula is C16H22N4OS. The van der Waals surface area contributed by atoms with Gasteiger partial charge in [-0.2, -0.15) is 10.2 Å². The number of likely N-dealkylation sites (N-methyl/N-ethyl adjacent to an activating group) is 1. The third-order valence-electron chi connectivity index (χ3n) is 3.33. The summed E-state index contributed by atoms with van der Waals surface area (Å²) in [6.45, 7) is 6.69. The molecule has 2 aromatic rings. The van der Waals surface area contributed by atoms with Gasteiger partial charge in [0.2, 0.25) is 17.5 Å². The van der Waals surface area contributed by atoms with Crippen molar-refractivity contribution in [2.45, 2.75) is 32.2 Å². The van der Waals surface area contributed by atoms with Crippen LogP contribution < -0.4 is 5.32 Å². The minimum atomic E-state index is -0.222. The fourth-order valence-electron chi connectivity index (χ4n) is 2.04. The first-order chi connectivity index (χ1) is 10.3. The standard InChI is InChI=1S/C16H22N4OS/c1-16(2,3)15-19-11(9-17)14(21-15)18-10-12(20(4)5)13-7-6-8-22-13/h6-8,12,18H,10H2,1-5H3/t12-/m0/s1. The Labute approximate surface area is 135 Å². The Kier molecular flexibility index (Phi) is 4.89. The van der Waals surface area contributed by atoms with E-state index in [-0.39, 0.29) is 11.5 Å². The van der Waals surface area contributed by atoms with Crippen molar-refractivity contribution in [1.29, 1.82) is 5.26 Å². The fraction of sp³-hybridized carbons (Fsp3) is 0.500. The number of aromatic nitrogens is 1. The van der Waals surface area contributed by atoms with E-state index in [1.165, 1.54) is 4.88 Å². The lowest BCUT2D eigenvalue weighted by Gasteiger charge is -2.23. The number of hydrogen-bond acceptors (Lipinski definition) is 6. The Hall–Kier alpha value is -1.84. The van der Waals surface area contributed by atoms with Crippen LogP contribution >= 0.6 is 11.3 Å². The van der Waals surface area contributed by atoms with Gasteiger partial charge < -0.3 is 14.6 Å². The fourth-order valence-corrected chi connectivity index (χ4v) is 2.97. The Balaban J connectivity index is 2.17. The van der Waals surface area contributed by atoms with Crippen molar-refractivity contribution in [3.05, 3.63) is 34.0 Å². The molecule has 0 aliphatic rings. The molecule has 118 valence electrons. The molecule has 0 radical (unpaired) electrons. The van der Waals surface area contributed by atoms with Crippen molar-refractivity contribution in [1.82, 2.24) is 9.88 Å². The quantitative estimate of drug-likeness (QED) is 0.912. The van der Waals surface area contributed by atoms with Crippen LogP contribution in [0.4, 0.5) is 5.88 Å². The lowest BCUT2D eigenvalue weighted by atomic mass is 9.97. The van der Waals surface area contributed by atoms with Gasteiger partial charge in [-0.05, 0) is 25.5 Å². The van der Waals surface area contributed by atoms with Gasteiger partial charge in [-0.25, -0.2) is 0 Å². The predicted octanol–water partition coefficient (Wildman–Crippen LogP) is 3.62. The van der Waals surface area contributed by atoms with Crippen molar-refractivity contribution in [2.24, 2.45) is 0 Å². The van der Waals surface area contributed by atoms with E-state index in [4.69, 9.17) is 4.42 Å². The molecule has 2 heterocycles. The number of hydrogen-bond donors (Lipinski definition) is 1. The van der Waals surface area contributed by atoms with Crippen LogP contribution in [0.1, 0.15) is 43.3 Å². The van der Waals surface area contributed by atoms with E-state index in [9.17, 15) is 5.26 Å². The van der Waals surface area contributed by atoms with Crippen LogP contribution in [-0.4, -0.2) is 30.5 Å². The number of rotatable bonds is 5. The van der Waals surface area contributed by atoms with Gasteiger partial charge >= 0.3 is 0 Å². The van der Waals surface area contributed by atoms with Crippen molar-refractivity contribution < 1.29 is 4.42 Å². The van der Waals surface area contributed by atoms with Gasteiger partial charge in [0, 0.05) is 16.8 Å². The van der Waals surface area contributed by atoms with Gasteiger partial charge in [-0.15, -0.1) is 11.3 Å². The molecule has 0 aromatic carbocycles. The maximum absolute atomic E-state index is 9.24. The normalized spacial score (nSPS) is 13.1. The molecule has 0 amide bonds. The van der Waals surface area contributed by atoms with E-state index in [1.54, 1.807) is 11.3 Å². The van der Waals surface area contributed by atoms with Gasteiger partial charge in [-0.3, -0.25) is 0 Å².